The van der Waals surface area contributed by atoms with Crippen molar-refractivity contribution in [3.8, 4) is 0 Å². The Morgan fingerprint density at radius 2 is 2.15 bits per heavy atom. The van der Waals surface area contributed by atoms with Gasteiger partial charge in [0.1, 0.15) is 0 Å². The zero-order valence-electron chi connectivity index (χ0n) is 11.5. The molecular formula is C11H20N2O6S. The Labute approximate surface area is 118 Å². The quantitative estimate of drug-likeness (QED) is 0.642. The van der Waals surface area contributed by atoms with Gasteiger partial charge in [0.25, 0.3) is 0 Å². The Balaban J connectivity index is 2.53. The molecule has 1 amide bonds. The predicted molar refractivity (Wildman–Crippen MR) is 70.6 cm³/mol. The van der Waals surface area contributed by atoms with Crippen LogP contribution in [0.2, 0.25) is 0 Å². The number of piperidine rings is 1. The van der Waals surface area contributed by atoms with Gasteiger partial charge in [-0.3, -0.25) is 4.79 Å². The summed E-state index contributed by atoms with van der Waals surface area (Å²) in [6.45, 7) is 0.411. The number of nitrogens with one attached hydrogen (secondary N) is 1. The van der Waals surface area contributed by atoms with Crippen molar-refractivity contribution in [3.63, 3.8) is 0 Å². The van der Waals surface area contributed by atoms with Crippen molar-refractivity contribution < 1.29 is 27.9 Å². The van der Waals surface area contributed by atoms with Crippen LogP contribution in [0.4, 0.5) is 0 Å². The topological polar surface area (TPSA) is 113 Å². The predicted octanol–water partition coefficient (Wildman–Crippen LogP) is -1.13. The van der Waals surface area contributed by atoms with Crippen LogP contribution >= 0.6 is 0 Å². The van der Waals surface area contributed by atoms with Crippen LogP contribution in [0.1, 0.15) is 12.8 Å². The number of aliphatic carboxylic acids is 1. The van der Waals surface area contributed by atoms with Crippen LogP contribution in [0.3, 0.4) is 0 Å². The number of carboxylic acids is 1. The van der Waals surface area contributed by atoms with E-state index >= 15 is 0 Å². The highest BCUT2D eigenvalue weighted by molar-refractivity contribution is 7.88. The fourth-order valence-corrected chi connectivity index (χ4v) is 2.98. The first-order valence-corrected chi connectivity index (χ1v) is 8.09. The fraction of sp³-hybridized carbons (Fsp3) is 0.818. The third kappa shape index (κ3) is 4.73. The molecule has 9 heteroatoms. The number of carboxylic acid groups (broad SMARTS) is 1. The van der Waals surface area contributed by atoms with Crippen LogP contribution in [-0.4, -0.2) is 68.8 Å². The lowest BCUT2D eigenvalue weighted by atomic mass is 9.99. The molecule has 0 aromatic heterocycles. The van der Waals surface area contributed by atoms with Gasteiger partial charge in [-0.15, -0.1) is 0 Å². The number of carbonyl (C=O) groups is 2. The zero-order valence-corrected chi connectivity index (χ0v) is 12.4. The first-order chi connectivity index (χ1) is 9.25. The van der Waals surface area contributed by atoms with E-state index in [0.717, 1.165) is 6.26 Å². The maximum atomic E-state index is 11.9. The van der Waals surface area contributed by atoms with E-state index in [9.17, 15) is 18.0 Å². The molecule has 2 unspecified atom stereocenters. The second kappa shape index (κ2) is 7.00. The standard InChI is InChI=1S/C11H20N2O6S/c1-19-9(11(15)16)6-12-10(14)8-4-3-5-13(7-8)20(2,17)18/h8-9H,3-7H2,1-2H3,(H,12,14)(H,15,16). The van der Waals surface area contributed by atoms with Crippen molar-refractivity contribution in [2.45, 2.75) is 18.9 Å². The summed E-state index contributed by atoms with van der Waals surface area (Å²) in [5.74, 6) is -1.96. The number of sulfonamides is 1. The van der Waals surface area contributed by atoms with Gasteiger partial charge in [-0.25, -0.2) is 17.5 Å². The van der Waals surface area contributed by atoms with Gasteiger partial charge in [0.15, 0.2) is 6.10 Å². The number of hydrogen-bond donors (Lipinski definition) is 2. The van der Waals surface area contributed by atoms with Crippen LogP contribution in [0.25, 0.3) is 0 Å². The van der Waals surface area contributed by atoms with Gasteiger partial charge in [0, 0.05) is 20.2 Å². The summed E-state index contributed by atoms with van der Waals surface area (Å²) in [4.78, 5) is 22.7. The number of rotatable bonds is 6. The summed E-state index contributed by atoms with van der Waals surface area (Å²) in [5.41, 5.74) is 0. The molecule has 2 atom stereocenters. The number of ether oxygens (including phenoxy) is 1. The monoisotopic (exact) mass is 308 g/mol. The molecule has 1 fully saturated rings. The summed E-state index contributed by atoms with van der Waals surface area (Å²) in [6.07, 6.45) is 1.20. The molecule has 0 radical (unpaired) electrons. The highest BCUT2D eigenvalue weighted by atomic mass is 32.2. The van der Waals surface area contributed by atoms with Crippen molar-refractivity contribution >= 4 is 21.9 Å². The van der Waals surface area contributed by atoms with Crippen LogP contribution in [-0.2, 0) is 24.3 Å². The van der Waals surface area contributed by atoms with Gasteiger partial charge in [-0.2, -0.15) is 0 Å². The van der Waals surface area contributed by atoms with Crippen molar-refractivity contribution in [2.24, 2.45) is 5.92 Å². The van der Waals surface area contributed by atoms with Gasteiger partial charge in [-0.05, 0) is 12.8 Å². The first kappa shape index (κ1) is 16.9. The molecule has 8 nitrogen and oxygen atoms in total. The first-order valence-electron chi connectivity index (χ1n) is 6.24. The summed E-state index contributed by atoms with van der Waals surface area (Å²) in [7, 11) is -2.06. The van der Waals surface area contributed by atoms with E-state index in [1.54, 1.807) is 0 Å². The van der Waals surface area contributed by atoms with E-state index in [-0.39, 0.29) is 19.0 Å². The largest absolute Gasteiger partial charge is 0.479 e. The van der Waals surface area contributed by atoms with E-state index in [0.29, 0.717) is 19.4 Å². The van der Waals surface area contributed by atoms with Crippen molar-refractivity contribution in [1.29, 1.82) is 0 Å². The highest BCUT2D eigenvalue weighted by Crippen LogP contribution is 2.18. The number of carbonyl (C=O) groups excluding carboxylic acids is 1. The highest BCUT2D eigenvalue weighted by Gasteiger charge is 2.30. The van der Waals surface area contributed by atoms with Crippen LogP contribution in [0.5, 0.6) is 0 Å². The Morgan fingerprint density at radius 1 is 1.50 bits per heavy atom. The molecule has 0 spiro atoms. The smallest absolute Gasteiger partial charge is 0.334 e. The van der Waals surface area contributed by atoms with E-state index in [2.05, 4.69) is 5.32 Å². The number of methoxy groups -OCH3 is 1. The lowest BCUT2D eigenvalue weighted by Crippen LogP contribution is -2.47. The van der Waals surface area contributed by atoms with E-state index in [4.69, 9.17) is 9.84 Å². The minimum Gasteiger partial charge on any atom is -0.479 e. The van der Waals surface area contributed by atoms with Crippen LogP contribution in [0.15, 0.2) is 0 Å². The maximum absolute atomic E-state index is 11.9. The summed E-state index contributed by atoms with van der Waals surface area (Å²) in [6, 6.07) is 0. The molecule has 0 saturated carbocycles. The van der Waals surface area contributed by atoms with E-state index in [1.807, 2.05) is 0 Å². The van der Waals surface area contributed by atoms with Gasteiger partial charge in [-0.1, -0.05) is 0 Å². The van der Waals surface area contributed by atoms with E-state index in [1.165, 1.54) is 11.4 Å². The minimum atomic E-state index is -3.31. The van der Waals surface area contributed by atoms with Gasteiger partial charge >= 0.3 is 5.97 Å². The molecule has 0 aromatic rings. The molecule has 1 heterocycles. The number of amides is 1. The molecule has 1 aliphatic heterocycles. The zero-order chi connectivity index (χ0) is 15.3. The Morgan fingerprint density at radius 3 is 2.65 bits per heavy atom. The average molecular weight is 308 g/mol. The molecule has 1 rings (SSSR count). The molecule has 0 aliphatic carbocycles. The molecule has 2 N–H and O–H groups in total. The lowest BCUT2D eigenvalue weighted by Gasteiger charge is -2.30. The minimum absolute atomic E-state index is 0.134. The Bertz CT molecular complexity index is 464. The van der Waals surface area contributed by atoms with Crippen molar-refractivity contribution in [2.75, 3.05) is 33.0 Å². The third-order valence-electron chi connectivity index (χ3n) is 3.25. The van der Waals surface area contributed by atoms with Gasteiger partial charge in [0.2, 0.25) is 15.9 Å². The normalized spacial score (nSPS) is 22.2. The van der Waals surface area contributed by atoms with Gasteiger partial charge < -0.3 is 15.2 Å². The van der Waals surface area contributed by atoms with Crippen molar-refractivity contribution in [3.05, 3.63) is 0 Å². The van der Waals surface area contributed by atoms with Crippen molar-refractivity contribution in [1.82, 2.24) is 9.62 Å². The Kier molecular flexibility index (Phi) is 5.90. The fourth-order valence-electron chi connectivity index (χ4n) is 2.07. The van der Waals surface area contributed by atoms with E-state index < -0.39 is 28.0 Å². The molecule has 116 valence electrons. The third-order valence-corrected chi connectivity index (χ3v) is 4.52. The Hall–Kier alpha value is -1.19. The summed E-state index contributed by atoms with van der Waals surface area (Å²) >= 11 is 0. The molecular weight excluding hydrogens is 288 g/mol. The summed E-state index contributed by atoms with van der Waals surface area (Å²) in [5, 5.41) is 11.3. The molecule has 0 bridgehead atoms. The molecule has 1 saturated heterocycles. The van der Waals surface area contributed by atoms with Gasteiger partial charge in [0.05, 0.1) is 18.7 Å². The lowest BCUT2D eigenvalue weighted by molar-refractivity contribution is -0.148. The SMILES string of the molecule is COC(CNC(=O)C1CCCN(S(C)(=O)=O)C1)C(=O)O. The molecule has 1 aliphatic rings. The average Bonchev–Trinajstić information content (AvgIpc) is 2.38. The number of hydrogen-bond acceptors (Lipinski definition) is 5. The molecule has 20 heavy (non-hydrogen) atoms. The number of nitrogens with zero attached hydrogens (tertiary/aromatic N) is 1. The second-order valence-corrected chi connectivity index (χ2v) is 6.75. The van der Waals surface area contributed by atoms with Crippen LogP contribution < -0.4 is 5.32 Å². The second-order valence-electron chi connectivity index (χ2n) is 4.77. The molecule has 0 aromatic carbocycles. The summed E-state index contributed by atoms with van der Waals surface area (Å²) < 4.78 is 28.9. The maximum Gasteiger partial charge on any atom is 0.334 e. The van der Waals surface area contributed by atoms with Crippen LogP contribution in [0, 0.1) is 5.92 Å².